The van der Waals surface area contributed by atoms with Crippen LogP contribution in [0.5, 0.6) is 0 Å². The maximum Gasteiger partial charge on any atom is 0.323 e. The molecule has 0 spiro atoms. The Morgan fingerprint density at radius 2 is 1.89 bits per heavy atom. The van der Waals surface area contributed by atoms with E-state index in [-0.39, 0.29) is 6.61 Å². The van der Waals surface area contributed by atoms with Crippen molar-refractivity contribution in [3.63, 3.8) is 0 Å². The van der Waals surface area contributed by atoms with E-state index in [9.17, 15) is 4.79 Å². The van der Waals surface area contributed by atoms with Crippen LogP contribution in [0.3, 0.4) is 0 Å². The largest absolute Gasteiger partial charge is 0.458 e. The van der Waals surface area contributed by atoms with Crippen LogP contribution in [-0.4, -0.2) is 17.0 Å². The molecular weight excluding hydrogens is 240 g/mol. The molecule has 1 aromatic heterocycles. The zero-order valence-corrected chi connectivity index (χ0v) is 10.5. The number of benzene rings is 1. The molecule has 0 saturated carbocycles. The van der Waals surface area contributed by atoms with Crippen molar-refractivity contribution in [3.05, 3.63) is 66.0 Å². The summed E-state index contributed by atoms with van der Waals surface area (Å²) in [7, 11) is 0. The van der Waals surface area contributed by atoms with Crippen LogP contribution in [-0.2, 0) is 22.6 Å². The van der Waals surface area contributed by atoms with Crippen molar-refractivity contribution in [1.29, 1.82) is 0 Å². The van der Waals surface area contributed by atoms with E-state index in [2.05, 4.69) is 4.98 Å². The molecule has 1 aromatic carbocycles. The Bertz CT molecular complexity index is 514. The van der Waals surface area contributed by atoms with Gasteiger partial charge in [-0.15, -0.1) is 0 Å². The minimum absolute atomic E-state index is 0.155. The first-order valence-corrected chi connectivity index (χ1v) is 6.12. The van der Waals surface area contributed by atoms with Crippen molar-refractivity contribution < 1.29 is 9.53 Å². The zero-order valence-electron chi connectivity index (χ0n) is 10.5. The lowest BCUT2D eigenvalue weighted by Crippen LogP contribution is -2.34. The SMILES string of the molecule is NC(Cc1ccccc1)C(=O)OCc1ccccn1. The summed E-state index contributed by atoms with van der Waals surface area (Å²) in [4.78, 5) is 15.8. The smallest absolute Gasteiger partial charge is 0.323 e. The average Bonchev–Trinajstić information content (AvgIpc) is 2.47. The van der Waals surface area contributed by atoms with E-state index in [0.717, 1.165) is 5.56 Å². The van der Waals surface area contributed by atoms with Crippen LogP contribution in [0.2, 0.25) is 0 Å². The van der Waals surface area contributed by atoms with Crippen LogP contribution in [0.25, 0.3) is 0 Å². The van der Waals surface area contributed by atoms with E-state index >= 15 is 0 Å². The molecule has 2 N–H and O–H groups in total. The van der Waals surface area contributed by atoms with Crippen LogP contribution in [0.1, 0.15) is 11.3 Å². The predicted molar refractivity (Wildman–Crippen MR) is 72.2 cm³/mol. The van der Waals surface area contributed by atoms with E-state index in [1.165, 1.54) is 0 Å². The van der Waals surface area contributed by atoms with Crippen LogP contribution in [0.15, 0.2) is 54.7 Å². The molecule has 4 heteroatoms. The van der Waals surface area contributed by atoms with Crippen molar-refractivity contribution in [2.45, 2.75) is 19.1 Å². The maximum atomic E-state index is 11.7. The lowest BCUT2D eigenvalue weighted by atomic mass is 10.1. The Morgan fingerprint density at radius 1 is 1.16 bits per heavy atom. The fourth-order valence-electron chi connectivity index (χ4n) is 1.69. The molecule has 1 heterocycles. The molecule has 0 aliphatic carbocycles. The number of nitrogens with zero attached hydrogens (tertiary/aromatic N) is 1. The van der Waals surface area contributed by atoms with Gasteiger partial charge in [-0.25, -0.2) is 0 Å². The molecular formula is C15H16N2O2. The molecule has 0 saturated heterocycles. The van der Waals surface area contributed by atoms with E-state index in [4.69, 9.17) is 10.5 Å². The second-order valence-corrected chi connectivity index (χ2v) is 4.23. The quantitative estimate of drug-likeness (QED) is 0.827. The second-order valence-electron chi connectivity index (χ2n) is 4.23. The fraction of sp³-hybridized carbons (Fsp3) is 0.200. The number of rotatable bonds is 5. The van der Waals surface area contributed by atoms with Gasteiger partial charge in [0.2, 0.25) is 0 Å². The summed E-state index contributed by atoms with van der Waals surface area (Å²) in [6.45, 7) is 0.155. The van der Waals surface area contributed by atoms with Crippen molar-refractivity contribution in [1.82, 2.24) is 4.98 Å². The normalized spacial score (nSPS) is 11.8. The fourth-order valence-corrected chi connectivity index (χ4v) is 1.69. The molecule has 0 bridgehead atoms. The highest BCUT2D eigenvalue weighted by Crippen LogP contribution is 2.04. The Labute approximate surface area is 112 Å². The molecule has 2 aromatic rings. The van der Waals surface area contributed by atoms with Crippen molar-refractivity contribution in [2.24, 2.45) is 5.73 Å². The summed E-state index contributed by atoms with van der Waals surface area (Å²) >= 11 is 0. The number of esters is 1. The molecule has 19 heavy (non-hydrogen) atoms. The molecule has 2 rings (SSSR count). The number of aromatic nitrogens is 1. The highest BCUT2D eigenvalue weighted by Gasteiger charge is 2.15. The molecule has 1 atom stereocenters. The van der Waals surface area contributed by atoms with Crippen LogP contribution in [0.4, 0.5) is 0 Å². The molecule has 0 fully saturated rings. The minimum atomic E-state index is -0.647. The van der Waals surface area contributed by atoms with Crippen LogP contribution < -0.4 is 5.73 Å². The van der Waals surface area contributed by atoms with Gasteiger partial charge in [0.1, 0.15) is 12.6 Å². The third-order valence-corrected chi connectivity index (χ3v) is 2.69. The second kappa shape index (κ2) is 6.66. The third-order valence-electron chi connectivity index (χ3n) is 2.69. The first-order chi connectivity index (χ1) is 9.25. The molecule has 98 valence electrons. The number of hydrogen-bond acceptors (Lipinski definition) is 4. The third kappa shape index (κ3) is 4.19. The van der Waals surface area contributed by atoms with Gasteiger partial charge in [-0.1, -0.05) is 36.4 Å². The molecule has 0 amide bonds. The number of nitrogens with two attached hydrogens (primary N) is 1. The van der Waals surface area contributed by atoms with Gasteiger partial charge in [0.15, 0.2) is 0 Å². The number of ether oxygens (including phenoxy) is 1. The molecule has 0 aliphatic heterocycles. The lowest BCUT2D eigenvalue weighted by Gasteiger charge is -2.11. The summed E-state index contributed by atoms with van der Waals surface area (Å²) in [5.74, 6) is -0.408. The predicted octanol–water partition coefficient (Wildman–Crippen LogP) is 1.69. The van der Waals surface area contributed by atoms with Gasteiger partial charge in [0.05, 0.1) is 5.69 Å². The van der Waals surface area contributed by atoms with Gasteiger partial charge in [-0.3, -0.25) is 9.78 Å². The standard InChI is InChI=1S/C15H16N2O2/c16-14(10-12-6-2-1-3-7-12)15(18)19-11-13-8-4-5-9-17-13/h1-9,14H,10-11,16H2. The van der Waals surface area contributed by atoms with E-state index < -0.39 is 12.0 Å². The van der Waals surface area contributed by atoms with E-state index in [0.29, 0.717) is 12.1 Å². The molecule has 1 unspecified atom stereocenters. The van der Waals surface area contributed by atoms with Gasteiger partial charge >= 0.3 is 5.97 Å². The summed E-state index contributed by atoms with van der Waals surface area (Å²) < 4.78 is 5.14. The first-order valence-electron chi connectivity index (χ1n) is 6.12. The van der Waals surface area contributed by atoms with Gasteiger partial charge < -0.3 is 10.5 Å². The summed E-state index contributed by atoms with van der Waals surface area (Å²) in [5.41, 5.74) is 7.55. The summed E-state index contributed by atoms with van der Waals surface area (Å²) in [6, 6.07) is 14.4. The van der Waals surface area contributed by atoms with Crippen LogP contribution >= 0.6 is 0 Å². The summed E-state index contributed by atoms with van der Waals surface area (Å²) in [5, 5.41) is 0. The maximum absolute atomic E-state index is 11.7. The van der Waals surface area contributed by atoms with Gasteiger partial charge in [0.25, 0.3) is 0 Å². The van der Waals surface area contributed by atoms with Crippen molar-refractivity contribution in [3.8, 4) is 0 Å². The summed E-state index contributed by atoms with van der Waals surface area (Å²) in [6.07, 6.45) is 2.13. The zero-order chi connectivity index (χ0) is 13.5. The number of carbonyl (C=O) groups is 1. The lowest BCUT2D eigenvalue weighted by molar-refractivity contribution is -0.146. The number of carbonyl (C=O) groups excluding carboxylic acids is 1. The number of pyridine rings is 1. The van der Waals surface area contributed by atoms with E-state index in [1.807, 2.05) is 42.5 Å². The van der Waals surface area contributed by atoms with Crippen molar-refractivity contribution in [2.75, 3.05) is 0 Å². The average molecular weight is 256 g/mol. The van der Waals surface area contributed by atoms with Crippen LogP contribution in [0, 0.1) is 0 Å². The Balaban J connectivity index is 1.83. The minimum Gasteiger partial charge on any atom is -0.458 e. The Morgan fingerprint density at radius 3 is 2.58 bits per heavy atom. The molecule has 4 nitrogen and oxygen atoms in total. The molecule has 0 radical (unpaired) electrons. The van der Waals surface area contributed by atoms with Gasteiger partial charge in [0, 0.05) is 6.20 Å². The number of hydrogen-bond donors (Lipinski definition) is 1. The molecule has 0 aliphatic rings. The monoisotopic (exact) mass is 256 g/mol. The highest BCUT2D eigenvalue weighted by molar-refractivity contribution is 5.75. The van der Waals surface area contributed by atoms with Crippen molar-refractivity contribution >= 4 is 5.97 Å². The van der Waals surface area contributed by atoms with Gasteiger partial charge in [-0.05, 0) is 24.1 Å². The van der Waals surface area contributed by atoms with Gasteiger partial charge in [-0.2, -0.15) is 0 Å². The Hall–Kier alpha value is -2.20. The van der Waals surface area contributed by atoms with E-state index in [1.54, 1.807) is 12.3 Å². The first kappa shape index (κ1) is 13.2. The highest BCUT2D eigenvalue weighted by atomic mass is 16.5. The topological polar surface area (TPSA) is 65.2 Å². The Kier molecular flexibility index (Phi) is 4.64.